The Labute approximate surface area is 164 Å². The van der Waals surface area contributed by atoms with Gasteiger partial charge in [0.2, 0.25) is 5.91 Å². The zero-order valence-corrected chi connectivity index (χ0v) is 16.7. The Kier molecular flexibility index (Phi) is 5.03. The van der Waals surface area contributed by atoms with Crippen LogP contribution < -0.4 is 16.4 Å². The van der Waals surface area contributed by atoms with Crippen molar-refractivity contribution in [3.05, 3.63) is 62.8 Å². The first kappa shape index (κ1) is 18.8. The Morgan fingerprint density at radius 3 is 2.57 bits per heavy atom. The molecule has 0 bridgehead atoms. The minimum Gasteiger partial charge on any atom is -0.341 e. The van der Waals surface area contributed by atoms with Crippen molar-refractivity contribution in [2.24, 2.45) is 7.05 Å². The van der Waals surface area contributed by atoms with Crippen LogP contribution in [0.15, 0.2) is 29.1 Å². The Bertz CT molecular complexity index is 951. The lowest BCUT2D eigenvalue weighted by Gasteiger charge is -2.23. The molecule has 1 amide bonds. The van der Waals surface area contributed by atoms with E-state index in [-0.39, 0.29) is 23.6 Å². The lowest BCUT2D eigenvalue weighted by Crippen LogP contribution is -2.46. The number of amides is 1. The third kappa shape index (κ3) is 3.47. The zero-order valence-electron chi connectivity index (χ0n) is 16.7. The van der Waals surface area contributed by atoms with Crippen LogP contribution in [-0.4, -0.2) is 39.5 Å². The molecular weight excluding hydrogens is 354 g/mol. The Morgan fingerprint density at radius 2 is 1.82 bits per heavy atom. The second kappa shape index (κ2) is 7.48. The van der Waals surface area contributed by atoms with Crippen molar-refractivity contribution in [3.8, 4) is 0 Å². The number of nitrogens with zero attached hydrogens (tertiary/aromatic N) is 3. The lowest BCUT2D eigenvalue weighted by atomic mass is 10.0. The van der Waals surface area contributed by atoms with E-state index in [1.807, 2.05) is 11.8 Å². The molecule has 2 N–H and O–H groups in total. The van der Waals surface area contributed by atoms with Crippen molar-refractivity contribution in [2.75, 3.05) is 13.1 Å². The number of carbonyl (C=O) groups is 1. The van der Waals surface area contributed by atoms with Crippen molar-refractivity contribution in [3.63, 3.8) is 0 Å². The summed E-state index contributed by atoms with van der Waals surface area (Å²) in [6.45, 7) is 5.06. The third-order valence-corrected chi connectivity index (χ3v) is 5.94. The Hall–Kier alpha value is -2.51. The molecule has 2 unspecified atom stereocenters. The molecule has 28 heavy (non-hydrogen) atoms. The fraction of sp³-hybridized carbons (Fsp3) is 0.476. The van der Waals surface area contributed by atoms with Crippen LogP contribution in [0.25, 0.3) is 0 Å². The van der Waals surface area contributed by atoms with Crippen LogP contribution in [0, 0.1) is 13.8 Å². The van der Waals surface area contributed by atoms with Gasteiger partial charge >= 0.3 is 0 Å². The summed E-state index contributed by atoms with van der Waals surface area (Å²) in [6, 6.07) is 8.25. The number of nitrogens with one attached hydrogen (secondary N) is 2. The van der Waals surface area contributed by atoms with E-state index in [0.29, 0.717) is 38.2 Å². The van der Waals surface area contributed by atoms with Gasteiger partial charge in [0.15, 0.2) is 0 Å². The first-order valence-corrected chi connectivity index (χ1v) is 9.86. The summed E-state index contributed by atoms with van der Waals surface area (Å²) in [6.07, 6.45) is 1.90. The van der Waals surface area contributed by atoms with E-state index in [1.165, 1.54) is 11.1 Å². The molecule has 1 aromatic carbocycles. The summed E-state index contributed by atoms with van der Waals surface area (Å²) < 4.78 is 1.59. The predicted molar refractivity (Wildman–Crippen MR) is 107 cm³/mol. The number of rotatable bonds is 2. The molecule has 1 fully saturated rings. The molecule has 0 radical (unpaired) electrons. The van der Waals surface area contributed by atoms with Crippen LogP contribution in [0.3, 0.4) is 0 Å². The quantitative estimate of drug-likeness (QED) is 0.809. The minimum atomic E-state index is -0.259. The smallest absolute Gasteiger partial charge is 0.256 e. The summed E-state index contributed by atoms with van der Waals surface area (Å²) in [4.78, 5) is 32.1. The molecule has 2 aliphatic rings. The molecule has 4 rings (SSSR count). The van der Waals surface area contributed by atoms with Gasteiger partial charge in [-0.1, -0.05) is 29.8 Å². The number of hydrogen-bond acceptors (Lipinski definition) is 5. The summed E-state index contributed by atoms with van der Waals surface area (Å²) in [5, 5.41) is 0. The second-order valence-corrected chi connectivity index (χ2v) is 7.81. The highest BCUT2D eigenvalue weighted by Gasteiger charge is 2.33. The molecule has 0 spiro atoms. The average molecular weight is 381 g/mol. The standard InChI is InChI=1S/C21H27N5O2/c1-13-4-6-15(7-5-13)18-12-19(24-23-18)21(28)26-10-8-16-17(9-11-26)22-14(2)25(3)20(16)27/h4-7,18-19,23-24H,8-12H2,1-3H3. The van der Waals surface area contributed by atoms with E-state index < -0.39 is 0 Å². The van der Waals surface area contributed by atoms with Crippen molar-refractivity contribution < 1.29 is 4.79 Å². The lowest BCUT2D eigenvalue weighted by molar-refractivity contribution is -0.133. The molecule has 7 nitrogen and oxygen atoms in total. The number of aromatic nitrogens is 2. The first-order valence-electron chi connectivity index (χ1n) is 9.86. The van der Waals surface area contributed by atoms with Crippen LogP contribution in [-0.2, 0) is 24.7 Å². The first-order chi connectivity index (χ1) is 13.4. The van der Waals surface area contributed by atoms with Gasteiger partial charge in [-0.3, -0.25) is 14.2 Å². The molecular formula is C21H27N5O2. The summed E-state index contributed by atoms with van der Waals surface area (Å²) in [5.74, 6) is 0.801. The fourth-order valence-electron chi connectivity index (χ4n) is 4.04. The van der Waals surface area contributed by atoms with Crippen LogP contribution in [0.1, 0.15) is 40.7 Å². The number of fused-ring (bicyclic) bond motifs is 1. The monoisotopic (exact) mass is 381 g/mol. The Balaban J connectivity index is 1.44. The number of hydrazine groups is 1. The Morgan fingerprint density at radius 1 is 1.11 bits per heavy atom. The van der Waals surface area contributed by atoms with Gasteiger partial charge in [0, 0.05) is 38.2 Å². The number of benzene rings is 1. The molecule has 0 aliphatic carbocycles. The van der Waals surface area contributed by atoms with Gasteiger partial charge in [-0.25, -0.2) is 15.8 Å². The summed E-state index contributed by atoms with van der Waals surface area (Å²) >= 11 is 0. The van der Waals surface area contributed by atoms with Crippen LogP contribution in [0.5, 0.6) is 0 Å². The fourth-order valence-corrected chi connectivity index (χ4v) is 4.04. The normalized spacial score (nSPS) is 22.0. The highest BCUT2D eigenvalue weighted by atomic mass is 16.2. The van der Waals surface area contributed by atoms with E-state index in [2.05, 4.69) is 47.0 Å². The van der Waals surface area contributed by atoms with E-state index >= 15 is 0 Å². The van der Waals surface area contributed by atoms with Crippen molar-refractivity contribution in [1.82, 2.24) is 25.3 Å². The molecule has 7 heteroatoms. The second-order valence-electron chi connectivity index (χ2n) is 7.81. The summed E-state index contributed by atoms with van der Waals surface area (Å²) in [5.41, 5.74) is 10.4. The molecule has 3 heterocycles. The van der Waals surface area contributed by atoms with Gasteiger partial charge in [0.05, 0.1) is 5.69 Å². The van der Waals surface area contributed by atoms with Gasteiger partial charge in [0.1, 0.15) is 11.9 Å². The van der Waals surface area contributed by atoms with Crippen molar-refractivity contribution in [2.45, 2.75) is 45.2 Å². The number of carbonyl (C=O) groups excluding carboxylic acids is 1. The van der Waals surface area contributed by atoms with Gasteiger partial charge in [-0.2, -0.15) is 0 Å². The van der Waals surface area contributed by atoms with Gasteiger partial charge in [-0.15, -0.1) is 0 Å². The van der Waals surface area contributed by atoms with Crippen molar-refractivity contribution in [1.29, 1.82) is 0 Å². The van der Waals surface area contributed by atoms with E-state index in [9.17, 15) is 9.59 Å². The largest absolute Gasteiger partial charge is 0.341 e. The molecule has 1 saturated heterocycles. The van der Waals surface area contributed by atoms with E-state index in [4.69, 9.17) is 0 Å². The average Bonchev–Trinajstić information content (AvgIpc) is 3.08. The summed E-state index contributed by atoms with van der Waals surface area (Å²) in [7, 11) is 1.75. The van der Waals surface area contributed by atoms with Crippen LogP contribution in [0.4, 0.5) is 0 Å². The minimum absolute atomic E-state index is 0.0110. The molecule has 1 aromatic heterocycles. The van der Waals surface area contributed by atoms with Gasteiger partial charge < -0.3 is 4.90 Å². The SMILES string of the molecule is Cc1ccc(C2CC(C(=O)N3CCc4nc(C)n(C)c(=O)c4CC3)NN2)cc1. The zero-order chi connectivity index (χ0) is 19.8. The topological polar surface area (TPSA) is 79.3 Å². The number of hydrogen-bond donors (Lipinski definition) is 2. The van der Waals surface area contributed by atoms with Gasteiger partial charge in [0.25, 0.3) is 5.56 Å². The van der Waals surface area contributed by atoms with E-state index in [0.717, 1.165) is 11.3 Å². The maximum Gasteiger partial charge on any atom is 0.256 e. The van der Waals surface area contributed by atoms with Crippen molar-refractivity contribution >= 4 is 5.91 Å². The molecule has 148 valence electrons. The third-order valence-electron chi connectivity index (χ3n) is 5.94. The highest BCUT2D eigenvalue weighted by molar-refractivity contribution is 5.82. The van der Waals surface area contributed by atoms with Crippen LogP contribution >= 0.6 is 0 Å². The molecule has 2 aliphatic heterocycles. The molecule has 2 aromatic rings. The van der Waals surface area contributed by atoms with Crippen LogP contribution in [0.2, 0.25) is 0 Å². The number of aryl methyl sites for hydroxylation is 2. The van der Waals surface area contributed by atoms with E-state index in [1.54, 1.807) is 11.6 Å². The van der Waals surface area contributed by atoms with Gasteiger partial charge in [-0.05, 0) is 32.3 Å². The predicted octanol–water partition coefficient (Wildman–Crippen LogP) is 0.932. The maximum atomic E-state index is 13.1. The highest BCUT2D eigenvalue weighted by Crippen LogP contribution is 2.24. The molecule has 0 saturated carbocycles. The maximum absolute atomic E-state index is 13.1. The molecule has 2 atom stereocenters.